The van der Waals surface area contributed by atoms with Gasteiger partial charge in [-0.05, 0) is 20.8 Å². The van der Waals surface area contributed by atoms with E-state index in [0.29, 0.717) is 5.25 Å². The van der Waals surface area contributed by atoms with Crippen molar-refractivity contribution in [1.29, 1.82) is 0 Å². The number of ether oxygens (including phenoxy) is 1. The van der Waals surface area contributed by atoms with Gasteiger partial charge >= 0.3 is 0 Å². The fourth-order valence-electron chi connectivity index (χ4n) is 0.841. The highest BCUT2D eigenvalue weighted by Gasteiger charge is 2.10. The summed E-state index contributed by atoms with van der Waals surface area (Å²) < 4.78 is 5.00. The minimum atomic E-state index is 0.232. The van der Waals surface area contributed by atoms with Gasteiger partial charge in [0.15, 0.2) is 0 Å². The summed E-state index contributed by atoms with van der Waals surface area (Å²) in [7, 11) is 1.75. The summed E-state index contributed by atoms with van der Waals surface area (Å²) in [4.78, 5) is 0. The maximum absolute atomic E-state index is 5.00. The average molecular weight is 205 g/mol. The number of thioether (sulfide) groups is 1. The molecule has 0 aliphatic rings. The summed E-state index contributed by atoms with van der Waals surface area (Å²) in [5.41, 5.74) is 0.232. The normalized spacial score (nSPS) is 14.5. The summed E-state index contributed by atoms with van der Waals surface area (Å²) >= 11 is 1.95. The lowest BCUT2D eigenvalue weighted by Crippen LogP contribution is -2.39. The second kappa shape index (κ2) is 6.68. The number of nitrogens with one attached hydrogen (secondary N) is 1. The highest BCUT2D eigenvalue weighted by Crippen LogP contribution is 2.10. The van der Waals surface area contributed by atoms with Crippen molar-refractivity contribution in [3.05, 3.63) is 0 Å². The van der Waals surface area contributed by atoms with Crippen LogP contribution in [0.25, 0.3) is 0 Å². The lowest BCUT2D eigenvalue weighted by Gasteiger charge is -2.23. The molecule has 0 fully saturated rings. The number of hydrogen-bond donors (Lipinski definition) is 1. The molecule has 2 nitrogen and oxygen atoms in total. The fraction of sp³-hybridized carbons (Fsp3) is 1.00. The van der Waals surface area contributed by atoms with Gasteiger partial charge in [-0.15, -0.1) is 0 Å². The molecule has 0 spiro atoms. The van der Waals surface area contributed by atoms with E-state index in [4.69, 9.17) is 4.74 Å². The molecule has 0 aromatic carbocycles. The summed E-state index contributed by atoms with van der Waals surface area (Å²) in [6.07, 6.45) is 0. The Labute approximate surface area is 86.8 Å². The van der Waals surface area contributed by atoms with Crippen molar-refractivity contribution in [2.75, 3.05) is 26.0 Å². The highest BCUT2D eigenvalue weighted by molar-refractivity contribution is 7.99. The second-order valence-electron chi connectivity index (χ2n) is 4.31. The molecular formula is C10H23NOS. The molecule has 0 amide bonds. The van der Waals surface area contributed by atoms with Crippen molar-refractivity contribution >= 4 is 11.8 Å². The van der Waals surface area contributed by atoms with Crippen LogP contribution in [0, 0.1) is 0 Å². The van der Waals surface area contributed by atoms with E-state index in [9.17, 15) is 0 Å². The lowest BCUT2D eigenvalue weighted by molar-refractivity contribution is 0.218. The Bertz CT molecular complexity index is 123. The predicted octanol–water partition coefficient (Wildman–Crippen LogP) is 2.14. The van der Waals surface area contributed by atoms with Gasteiger partial charge in [0.2, 0.25) is 0 Å². The van der Waals surface area contributed by atoms with Crippen LogP contribution in [0.4, 0.5) is 0 Å². The molecule has 0 rings (SSSR count). The first kappa shape index (κ1) is 13.3. The summed E-state index contributed by atoms with van der Waals surface area (Å²) in [6.45, 7) is 10.8. The standard InChI is InChI=1S/C10H23NOS/c1-9(13-7-6-12-5)8-11-10(2,3)4/h9,11H,6-8H2,1-5H3. The molecule has 0 aliphatic heterocycles. The summed E-state index contributed by atoms with van der Waals surface area (Å²) in [6, 6.07) is 0. The molecule has 0 aromatic rings. The summed E-state index contributed by atoms with van der Waals surface area (Å²) in [5.74, 6) is 1.09. The maximum Gasteiger partial charge on any atom is 0.0553 e. The molecule has 1 atom stereocenters. The number of methoxy groups -OCH3 is 1. The van der Waals surface area contributed by atoms with E-state index in [2.05, 4.69) is 33.0 Å². The van der Waals surface area contributed by atoms with Gasteiger partial charge in [0, 0.05) is 30.2 Å². The third kappa shape index (κ3) is 10.2. The van der Waals surface area contributed by atoms with E-state index >= 15 is 0 Å². The Morgan fingerprint density at radius 2 is 2.00 bits per heavy atom. The molecule has 0 bridgehead atoms. The van der Waals surface area contributed by atoms with Crippen LogP contribution in [0.15, 0.2) is 0 Å². The van der Waals surface area contributed by atoms with Crippen LogP contribution in [0.3, 0.4) is 0 Å². The van der Waals surface area contributed by atoms with Gasteiger partial charge in [-0.3, -0.25) is 0 Å². The molecular weight excluding hydrogens is 182 g/mol. The van der Waals surface area contributed by atoms with Crippen LogP contribution in [0.5, 0.6) is 0 Å². The maximum atomic E-state index is 5.00. The Balaban J connectivity index is 3.35. The van der Waals surface area contributed by atoms with Crippen LogP contribution < -0.4 is 5.32 Å². The molecule has 13 heavy (non-hydrogen) atoms. The van der Waals surface area contributed by atoms with Crippen LogP contribution in [-0.2, 0) is 4.74 Å². The van der Waals surface area contributed by atoms with Gasteiger partial charge in [-0.2, -0.15) is 11.8 Å². The van der Waals surface area contributed by atoms with Gasteiger partial charge in [0.05, 0.1) is 6.61 Å². The molecule has 0 aromatic heterocycles. The van der Waals surface area contributed by atoms with Crippen LogP contribution >= 0.6 is 11.8 Å². The van der Waals surface area contributed by atoms with E-state index < -0.39 is 0 Å². The first-order valence-corrected chi connectivity index (χ1v) is 5.86. The Morgan fingerprint density at radius 3 is 2.46 bits per heavy atom. The van der Waals surface area contributed by atoms with Crippen molar-refractivity contribution in [3.8, 4) is 0 Å². The van der Waals surface area contributed by atoms with E-state index in [0.717, 1.165) is 18.9 Å². The van der Waals surface area contributed by atoms with Crippen molar-refractivity contribution in [2.24, 2.45) is 0 Å². The number of rotatable bonds is 6. The molecule has 1 N–H and O–H groups in total. The highest BCUT2D eigenvalue weighted by atomic mass is 32.2. The van der Waals surface area contributed by atoms with E-state index in [-0.39, 0.29) is 5.54 Å². The van der Waals surface area contributed by atoms with Crippen LogP contribution in [0.2, 0.25) is 0 Å². The third-order valence-electron chi connectivity index (χ3n) is 1.61. The molecule has 80 valence electrons. The average Bonchev–Trinajstić information content (AvgIpc) is 2.00. The predicted molar refractivity (Wildman–Crippen MR) is 61.6 cm³/mol. The molecule has 0 aliphatic carbocycles. The monoisotopic (exact) mass is 205 g/mol. The summed E-state index contributed by atoms with van der Waals surface area (Å²) in [5, 5.41) is 4.15. The van der Waals surface area contributed by atoms with E-state index in [1.54, 1.807) is 7.11 Å². The fourth-order valence-corrected chi connectivity index (χ4v) is 1.71. The zero-order chi connectivity index (χ0) is 10.3. The van der Waals surface area contributed by atoms with E-state index in [1.165, 1.54) is 0 Å². The SMILES string of the molecule is COCCSC(C)CNC(C)(C)C. The number of hydrogen-bond acceptors (Lipinski definition) is 3. The van der Waals surface area contributed by atoms with Crippen molar-refractivity contribution in [2.45, 2.75) is 38.5 Å². The molecule has 0 saturated carbocycles. The molecule has 0 heterocycles. The third-order valence-corrected chi connectivity index (χ3v) is 2.75. The van der Waals surface area contributed by atoms with E-state index in [1.807, 2.05) is 11.8 Å². The Kier molecular flexibility index (Phi) is 6.82. The second-order valence-corrected chi connectivity index (χ2v) is 5.85. The molecule has 0 radical (unpaired) electrons. The zero-order valence-electron chi connectivity index (χ0n) is 9.52. The van der Waals surface area contributed by atoms with Gasteiger partial charge < -0.3 is 10.1 Å². The zero-order valence-corrected chi connectivity index (χ0v) is 10.3. The first-order valence-electron chi connectivity index (χ1n) is 4.81. The quantitative estimate of drug-likeness (QED) is 0.671. The van der Waals surface area contributed by atoms with Gasteiger partial charge in [-0.1, -0.05) is 6.92 Å². The van der Waals surface area contributed by atoms with Gasteiger partial charge in [0.25, 0.3) is 0 Å². The van der Waals surface area contributed by atoms with Crippen LogP contribution in [-0.4, -0.2) is 36.8 Å². The van der Waals surface area contributed by atoms with Crippen molar-refractivity contribution in [3.63, 3.8) is 0 Å². The van der Waals surface area contributed by atoms with Crippen molar-refractivity contribution < 1.29 is 4.74 Å². The minimum absolute atomic E-state index is 0.232. The smallest absolute Gasteiger partial charge is 0.0553 e. The van der Waals surface area contributed by atoms with Gasteiger partial charge in [-0.25, -0.2) is 0 Å². The first-order chi connectivity index (χ1) is 5.95. The topological polar surface area (TPSA) is 21.3 Å². The molecule has 3 heteroatoms. The lowest BCUT2D eigenvalue weighted by atomic mass is 10.1. The Morgan fingerprint density at radius 1 is 1.38 bits per heavy atom. The minimum Gasteiger partial charge on any atom is -0.384 e. The van der Waals surface area contributed by atoms with Gasteiger partial charge in [0.1, 0.15) is 0 Å². The van der Waals surface area contributed by atoms with Crippen molar-refractivity contribution in [1.82, 2.24) is 5.32 Å². The molecule has 0 saturated heterocycles. The largest absolute Gasteiger partial charge is 0.384 e. The Hall–Kier alpha value is 0.270. The molecule has 1 unspecified atom stereocenters. The van der Waals surface area contributed by atoms with Crippen LogP contribution in [0.1, 0.15) is 27.7 Å².